The topological polar surface area (TPSA) is 50.2 Å². The van der Waals surface area contributed by atoms with E-state index in [1.807, 2.05) is 47.2 Å². The second-order valence-electron chi connectivity index (χ2n) is 7.39. The highest BCUT2D eigenvalue weighted by molar-refractivity contribution is 6.04. The van der Waals surface area contributed by atoms with Crippen molar-refractivity contribution in [2.45, 2.75) is 25.8 Å². The van der Waals surface area contributed by atoms with Gasteiger partial charge in [-0.1, -0.05) is 24.3 Å². The number of amides is 1. The predicted molar refractivity (Wildman–Crippen MR) is 112 cm³/mol. The van der Waals surface area contributed by atoms with Crippen LogP contribution in [0.3, 0.4) is 0 Å². The third-order valence-electron chi connectivity index (χ3n) is 5.21. The predicted octanol–water partition coefficient (Wildman–Crippen LogP) is 3.82. The molecule has 0 saturated carbocycles. The lowest BCUT2D eigenvalue weighted by molar-refractivity contribution is 0.102. The number of anilines is 1. The molecule has 1 amide bonds. The monoisotopic (exact) mass is 374 g/mol. The zero-order chi connectivity index (χ0) is 19.2. The first-order valence-corrected chi connectivity index (χ1v) is 9.94. The Hall–Kier alpha value is -2.92. The minimum atomic E-state index is -0.0795. The summed E-state index contributed by atoms with van der Waals surface area (Å²) in [5.74, 6) is -0.0795. The van der Waals surface area contributed by atoms with Crippen molar-refractivity contribution in [1.29, 1.82) is 0 Å². The van der Waals surface area contributed by atoms with E-state index in [1.165, 1.54) is 31.5 Å². The summed E-state index contributed by atoms with van der Waals surface area (Å²) in [6.45, 7) is 4.22. The number of hydrogen-bond donors (Lipinski definition) is 1. The number of carbonyl (C=O) groups excluding carboxylic acids is 1. The molecular weight excluding hydrogens is 348 g/mol. The molecule has 0 atom stereocenters. The van der Waals surface area contributed by atoms with Crippen LogP contribution in [0.15, 0.2) is 67.3 Å². The summed E-state index contributed by atoms with van der Waals surface area (Å²) in [6, 6.07) is 15.9. The van der Waals surface area contributed by atoms with Crippen molar-refractivity contribution in [3.63, 3.8) is 0 Å². The smallest absolute Gasteiger partial charge is 0.255 e. The van der Waals surface area contributed by atoms with Crippen LogP contribution in [0.4, 0.5) is 5.69 Å². The van der Waals surface area contributed by atoms with Crippen LogP contribution in [-0.2, 0) is 13.0 Å². The lowest BCUT2D eigenvalue weighted by atomic mass is 10.1. The molecule has 1 saturated heterocycles. The molecule has 0 bridgehead atoms. The van der Waals surface area contributed by atoms with Crippen molar-refractivity contribution in [3.05, 3.63) is 83.9 Å². The number of hydrogen-bond acceptors (Lipinski definition) is 3. The second kappa shape index (κ2) is 8.85. The molecule has 1 fully saturated rings. The first-order valence-electron chi connectivity index (χ1n) is 9.94. The molecule has 0 aliphatic carbocycles. The highest BCUT2D eigenvalue weighted by Crippen LogP contribution is 2.15. The van der Waals surface area contributed by atoms with Crippen LogP contribution in [-0.4, -0.2) is 40.0 Å². The second-order valence-corrected chi connectivity index (χ2v) is 7.39. The molecule has 28 heavy (non-hydrogen) atoms. The molecule has 3 aromatic rings. The molecule has 2 aromatic carbocycles. The molecule has 1 aromatic heterocycles. The quantitative estimate of drug-likeness (QED) is 0.684. The van der Waals surface area contributed by atoms with E-state index in [9.17, 15) is 4.79 Å². The van der Waals surface area contributed by atoms with E-state index in [1.54, 1.807) is 12.5 Å². The summed E-state index contributed by atoms with van der Waals surface area (Å²) in [7, 11) is 0. The summed E-state index contributed by atoms with van der Waals surface area (Å²) >= 11 is 0. The summed E-state index contributed by atoms with van der Waals surface area (Å²) < 4.78 is 1.99. The van der Waals surface area contributed by atoms with Crippen molar-refractivity contribution >= 4 is 11.6 Å². The molecule has 1 aliphatic rings. The van der Waals surface area contributed by atoms with Crippen molar-refractivity contribution < 1.29 is 4.79 Å². The molecule has 0 unspecified atom stereocenters. The Morgan fingerprint density at radius 1 is 1.04 bits per heavy atom. The van der Waals surface area contributed by atoms with Crippen LogP contribution in [0.5, 0.6) is 0 Å². The fourth-order valence-electron chi connectivity index (χ4n) is 3.70. The standard InChI is InChI=1S/C23H26N4O/c28-23(21-7-3-6-20(15-21)17-27-14-10-24-18-27)25-22-8-4-5-19(16-22)9-13-26-11-1-2-12-26/h3-8,10,14-16,18H,1-2,9,11-13,17H2,(H,25,28). The number of nitrogens with zero attached hydrogens (tertiary/aromatic N) is 3. The Bertz CT molecular complexity index is 914. The minimum Gasteiger partial charge on any atom is -0.333 e. The summed E-state index contributed by atoms with van der Waals surface area (Å²) in [5.41, 5.74) is 3.85. The minimum absolute atomic E-state index is 0.0795. The normalized spacial score (nSPS) is 14.3. The highest BCUT2D eigenvalue weighted by Gasteiger charge is 2.11. The summed E-state index contributed by atoms with van der Waals surface area (Å²) in [6.07, 6.45) is 9.10. The maximum Gasteiger partial charge on any atom is 0.255 e. The average Bonchev–Trinajstić information content (AvgIpc) is 3.41. The van der Waals surface area contributed by atoms with Gasteiger partial charge in [0.05, 0.1) is 6.33 Å². The molecule has 1 aliphatic heterocycles. The van der Waals surface area contributed by atoms with Crippen molar-refractivity contribution in [1.82, 2.24) is 14.5 Å². The Kier molecular flexibility index (Phi) is 5.83. The lowest BCUT2D eigenvalue weighted by Gasteiger charge is -2.14. The average molecular weight is 374 g/mol. The number of likely N-dealkylation sites (tertiary alicyclic amines) is 1. The fourth-order valence-corrected chi connectivity index (χ4v) is 3.70. The number of imidazole rings is 1. The fraction of sp³-hybridized carbons (Fsp3) is 0.304. The van der Waals surface area contributed by atoms with E-state index in [0.717, 1.165) is 24.2 Å². The number of benzene rings is 2. The molecular formula is C23H26N4O. The third kappa shape index (κ3) is 4.87. The summed E-state index contributed by atoms with van der Waals surface area (Å²) in [4.78, 5) is 19.3. The Morgan fingerprint density at radius 2 is 1.86 bits per heavy atom. The lowest BCUT2D eigenvalue weighted by Crippen LogP contribution is -2.22. The van der Waals surface area contributed by atoms with Gasteiger partial charge in [-0.15, -0.1) is 0 Å². The number of nitrogens with one attached hydrogen (secondary N) is 1. The van der Waals surface area contributed by atoms with Crippen LogP contribution in [0.1, 0.15) is 34.3 Å². The third-order valence-corrected chi connectivity index (χ3v) is 5.21. The highest BCUT2D eigenvalue weighted by atomic mass is 16.1. The van der Waals surface area contributed by atoms with Gasteiger partial charge >= 0.3 is 0 Å². The van der Waals surface area contributed by atoms with Gasteiger partial charge < -0.3 is 14.8 Å². The van der Waals surface area contributed by atoms with Crippen LogP contribution < -0.4 is 5.32 Å². The molecule has 5 heteroatoms. The largest absolute Gasteiger partial charge is 0.333 e. The van der Waals surface area contributed by atoms with E-state index in [0.29, 0.717) is 12.1 Å². The summed E-state index contributed by atoms with van der Waals surface area (Å²) in [5, 5.41) is 3.04. The maximum atomic E-state index is 12.7. The SMILES string of the molecule is O=C(Nc1cccc(CCN2CCCC2)c1)c1cccc(Cn2ccnc2)c1. The van der Waals surface area contributed by atoms with E-state index in [-0.39, 0.29) is 5.91 Å². The van der Waals surface area contributed by atoms with E-state index in [4.69, 9.17) is 0 Å². The number of carbonyl (C=O) groups is 1. The molecule has 1 N–H and O–H groups in total. The number of aromatic nitrogens is 2. The van der Waals surface area contributed by atoms with Crippen LogP contribution in [0.25, 0.3) is 0 Å². The van der Waals surface area contributed by atoms with Gasteiger partial charge in [-0.25, -0.2) is 4.98 Å². The Morgan fingerprint density at radius 3 is 2.68 bits per heavy atom. The van der Waals surface area contributed by atoms with Gasteiger partial charge in [0, 0.05) is 36.7 Å². The zero-order valence-corrected chi connectivity index (χ0v) is 16.1. The molecule has 0 radical (unpaired) electrons. The molecule has 5 nitrogen and oxygen atoms in total. The molecule has 0 spiro atoms. The van der Waals surface area contributed by atoms with E-state index >= 15 is 0 Å². The Labute approximate surface area is 166 Å². The van der Waals surface area contributed by atoms with Gasteiger partial charge in [-0.05, 0) is 67.7 Å². The Balaban J connectivity index is 1.38. The van der Waals surface area contributed by atoms with Crippen molar-refractivity contribution in [3.8, 4) is 0 Å². The van der Waals surface area contributed by atoms with Gasteiger partial charge in [-0.2, -0.15) is 0 Å². The van der Waals surface area contributed by atoms with E-state index in [2.05, 4.69) is 27.3 Å². The van der Waals surface area contributed by atoms with Gasteiger partial charge in [0.25, 0.3) is 5.91 Å². The molecule has 4 rings (SSSR count). The molecule has 2 heterocycles. The van der Waals surface area contributed by atoms with Gasteiger partial charge in [0.2, 0.25) is 0 Å². The van der Waals surface area contributed by atoms with Crippen LogP contribution in [0.2, 0.25) is 0 Å². The van der Waals surface area contributed by atoms with E-state index < -0.39 is 0 Å². The molecule has 144 valence electrons. The van der Waals surface area contributed by atoms with Gasteiger partial charge in [-0.3, -0.25) is 4.79 Å². The maximum absolute atomic E-state index is 12.7. The first kappa shape index (κ1) is 18.4. The zero-order valence-electron chi connectivity index (χ0n) is 16.1. The van der Waals surface area contributed by atoms with Crippen LogP contribution in [0, 0.1) is 0 Å². The number of rotatable bonds is 7. The first-order chi connectivity index (χ1) is 13.8. The van der Waals surface area contributed by atoms with Crippen LogP contribution >= 0.6 is 0 Å². The van der Waals surface area contributed by atoms with Crippen molar-refractivity contribution in [2.24, 2.45) is 0 Å². The van der Waals surface area contributed by atoms with Gasteiger partial charge in [0.1, 0.15) is 0 Å². The van der Waals surface area contributed by atoms with Gasteiger partial charge in [0.15, 0.2) is 0 Å². The van der Waals surface area contributed by atoms with Crippen molar-refractivity contribution in [2.75, 3.05) is 25.0 Å².